The van der Waals surface area contributed by atoms with Crippen molar-refractivity contribution in [3.8, 4) is 0 Å². The lowest BCUT2D eigenvalue weighted by Gasteiger charge is -2.15. The van der Waals surface area contributed by atoms with Crippen LogP contribution in [0.25, 0.3) is 0 Å². The molecule has 0 spiro atoms. The topological polar surface area (TPSA) is 26.3 Å². The number of ether oxygens (including phenoxy) is 1. The number of carbonyl (C=O) groups is 1. The third kappa shape index (κ3) is 4.91. The largest absolute Gasteiger partial charge is 0.466 e. The van der Waals surface area contributed by atoms with Gasteiger partial charge >= 0.3 is 5.97 Å². The van der Waals surface area contributed by atoms with Crippen LogP contribution in [0.3, 0.4) is 0 Å². The summed E-state index contributed by atoms with van der Waals surface area (Å²) in [6, 6.07) is 8.42. The van der Waals surface area contributed by atoms with E-state index in [-0.39, 0.29) is 11.9 Å². The minimum absolute atomic E-state index is 0.0733. The quantitative estimate of drug-likeness (QED) is 0.533. The van der Waals surface area contributed by atoms with Gasteiger partial charge in [0.1, 0.15) is 0 Å². The van der Waals surface area contributed by atoms with Crippen molar-refractivity contribution in [2.24, 2.45) is 0 Å². The molecule has 0 amide bonds. The average Bonchev–Trinajstić information content (AvgIpc) is 2.37. The smallest absolute Gasteiger partial charge is 0.306 e. The van der Waals surface area contributed by atoms with Crippen molar-refractivity contribution in [3.63, 3.8) is 0 Å². The molecule has 0 radical (unpaired) electrons. The van der Waals surface area contributed by atoms with Crippen molar-refractivity contribution >= 4 is 5.97 Å². The van der Waals surface area contributed by atoms with Crippen LogP contribution in [-0.2, 0) is 9.53 Å². The zero-order valence-corrected chi connectivity index (χ0v) is 11.7. The summed E-state index contributed by atoms with van der Waals surface area (Å²) in [5, 5.41) is 0. The summed E-state index contributed by atoms with van der Waals surface area (Å²) in [7, 11) is 0. The van der Waals surface area contributed by atoms with Crippen molar-refractivity contribution in [3.05, 3.63) is 35.4 Å². The highest BCUT2D eigenvalue weighted by Crippen LogP contribution is 2.24. The Hall–Kier alpha value is -1.31. The van der Waals surface area contributed by atoms with E-state index >= 15 is 0 Å². The first-order valence-electron chi connectivity index (χ1n) is 6.89. The lowest BCUT2D eigenvalue weighted by Crippen LogP contribution is -2.11. The number of carbonyl (C=O) groups excluding carboxylic acids is 1. The van der Waals surface area contributed by atoms with Gasteiger partial charge in [-0.15, -0.1) is 0 Å². The second-order valence-electron chi connectivity index (χ2n) is 4.79. The van der Waals surface area contributed by atoms with Gasteiger partial charge < -0.3 is 4.74 Å². The maximum atomic E-state index is 11.7. The van der Waals surface area contributed by atoms with Gasteiger partial charge in [-0.3, -0.25) is 4.79 Å². The van der Waals surface area contributed by atoms with E-state index in [9.17, 15) is 4.79 Å². The van der Waals surface area contributed by atoms with Crippen LogP contribution in [0, 0.1) is 6.92 Å². The Morgan fingerprint density at radius 1 is 1.22 bits per heavy atom. The Balaban J connectivity index is 2.51. The lowest BCUT2D eigenvalue weighted by molar-refractivity contribution is -0.144. The van der Waals surface area contributed by atoms with Crippen LogP contribution in [0.15, 0.2) is 24.3 Å². The Morgan fingerprint density at radius 2 is 1.89 bits per heavy atom. The van der Waals surface area contributed by atoms with Crippen molar-refractivity contribution in [2.45, 2.75) is 52.4 Å². The zero-order chi connectivity index (χ0) is 13.4. The van der Waals surface area contributed by atoms with Crippen molar-refractivity contribution in [1.82, 2.24) is 0 Å². The van der Waals surface area contributed by atoms with Gasteiger partial charge in [0.15, 0.2) is 0 Å². The number of hydrogen-bond donors (Lipinski definition) is 0. The second-order valence-corrected chi connectivity index (χ2v) is 4.79. The summed E-state index contributed by atoms with van der Waals surface area (Å²) in [5.74, 6) is 0.204. The fourth-order valence-corrected chi connectivity index (χ4v) is 1.93. The fraction of sp³-hybridized carbons (Fsp3) is 0.562. The molecule has 0 aromatic heterocycles. The van der Waals surface area contributed by atoms with E-state index in [1.807, 2.05) is 0 Å². The molecule has 1 aromatic rings. The summed E-state index contributed by atoms with van der Waals surface area (Å²) in [6.07, 6.45) is 3.46. The van der Waals surface area contributed by atoms with E-state index in [4.69, 9.17) is 4.74 Å². The predicted octanol–water partition coefficient (Wildman–Crippen LogP) is 4.22. The highest BCUT2D eigenvalue weighted by atomic mass is 16.5. The number of esters is 1. The first-order chi connectivity index (χ1) is 8.67. The van der Waals surface area contributed by atoms with E-state index in [2.05, 4.69) is 45.0 Å². The Kier molecular flexibility index (Phi) is 6.48. The van der Waals surface area contributed by atoms with Crippen LogP contribution in [0.5, 0.6) is 0 Å². The summed E-state index contributed by atoms with van der Waals surface area (Å²) < 4.78 is 5.22. The van der Waals surface area contributed by atoms with Crippen molar-refractivity contribution in [1.29, 1.82) is 0 Å². The van der Waals surface area contributed by atoms with Crippen molar-refractivity contribution < 1.29 is 9.53 Å². The molecule has 0 aliphatic carbocycles. The molecule has 100 valence electrons. The molecule has 1 rings (SSSR count). The van der Waals surface area contributed by atoms with E-state index in [1.165, 1.54) is 11.1 Å². The van der Waals surface area contributed by atoms with Crippen LogP contribution in [0.4, 0.5) is 0 Å². The minimum atomic E-state index is -0.0733. The van der Waals surface area contributed by atoms with Crippen LogP contribution in [0.1, 0.15) is 56.6 Å². The molecule has 18 heavy (non-hydrogen) atoms. The molecule has 1 aromatic carbocycles. The minimum Gasteiger partial charge on any atom is -0.466 e. The molecule has 0 heterocycles. The highest BCUT2D eigenvalue weighted by molar-refractivity contribution is 5.70. The number of rotatable bonds is 7. The van der Waals surface area contributed by atoms with Gasteiger partial charge in [-0.05, 0) is 31.2 Å². The maximum Gasteiger partial charge on any atom is 0.306 e. The number of benzene rings is 1. The standard InChI is InChI=1S/C16H24O2/c1-4-6-11-18-16(17)12-14(5-2)15-9-7-13(3)8-10-15/h7-10,14H,4-6,11-12H2,1-3H3. The van der Waals surface area contributed by atoms with Crippen LogP contribution >= 0.6 is 0 Å². The Bertz CT molecular complexity index is 354. The summed E-state index contributed by atoms with van der Waals surface area (Å²) in [5.41, 5.74) is 2.48. The lowest BCUT2D eigenvalue weighted by atomic mass is 9.93. The summed E-state index contributed by atoms with van der Waals surface area (Å²) in [4.78, 5) is 11.7. The molecular formula is C16H24O2. The second kappa shape index (κ2) is 7.91. The molecule has 1 unspecified atom stereocenters. The Morgan fingerprint density at radius 3 is 2.44 bits per heavy atom. The van der Waals surface area contributed by atoms with Crippen LogP contribution < -0.4 is 0 Å². The van der Waals surface area contributed by atoms with Gasteiger partial charge in [0.25, 0.3) is 0 Å². The highest BCUT2D eigenvalue weighted by Gasteiger charge is 2.15. The third-order valence-electron chi connectivity index (χ3n) is 3.22. The van der Waals surface area contributed by atoms with Gasteiger partial charge in [0, 0.05) is 0 Å². The van der Waals surface area contributed by atoms with Gasteiger partial charge in [-0.1, -0.05) is 50.1 Å². The maximum absolute atomic E-state index is 11.7. The van der Waals surface area contributed by atoms with Gasteiger partial charge in [-0.25, -0.2) is 0 Å². The predicted molar refractivity (Wildman–Crippen MR) is 74.7 cm³/mol. The SMILES string of the molecule is CCCCOC(=O)CC(CC)c1ccc(C)cc1. The summed E-state index contributed by atoms with van der Waals surface area (Å²) >= 11 is 0. The molecule has 0 saturated heterocycles. The number of unbranched alkanes of at least 4 members (excludes halogenated alkanes) is 1. The molecule has 1 atom stereocenters. The van der Waals surface area contributed by atoms with E-state index in [1.54, 1.807) is 0 Å². The van der Waals surface area contributed by atoms with E-state index in [0.29, 0.717) is 13.0 Å². The van der Waals surface area contributed by atoms with Crippen LogP contribution in [-0.4, -0.2) is 12.6 Å². The van der Waals surface area contributed by atoms with Crippen molar-refractivity contribution in [2.75, 3.05) is 6.61 Å². The molecule has 0 saturated carbocycles. The monoisotopic (exact) mass is 248 g/mol. The Labute approximate surface area is 110 Å². The molecule has 0 aliphatic heterocycles. The fourth-order valence-electron chi connectivity index (χ4n) is 1.93. The molecule has 0 bridgehead atoms. The van der Waals surface area contributed by atoms with Gasteiger partial charge in [-0.2, -0.15) is 0 Å². The average molecular weight is 248 g/mol. The third-order valence-corrected chi connectivity index (χ3v) is 3.22. The molecule has 0 fully saturated rings. The van der Waals surface area contributed by atoms with E-state index in [0.717, 1.165) is 19.3 Å². The number of hydrogen-bond acceptors (Lipinski definition) is 2. The van der Waals surface area contributed by atoms with E-state index < -0.39 is 0 Å². The molecule has 2 nitrogen and oxygen atoms in total. The number of aryl methyl sites for hydroxylation is 1. The van der Waals surface area contributed by atoms with Crippen LogP contribution in [0.2, 0.25) is 0 Å². The van der Waals surface area contributed by atoms with Gasteiger partial charge in [0.05, 0.1) is 13.0 Å². The molecule has 0 aliphatic rings. The normalized spacial score (nSPS) is 12.2. The molecule has 2 heteroatoms. The van der Waals surface area contributed by atoms with Gasteiger partial charge in [0.2, 0.25) is 0 Å². The summed E-state index contributed by atoms with van der Waals surface area (Å²) in [6.45, 7) is 6.84. The zero-order valence-electron chi connectivity index (χ0n) is 11.7. The first kappa shape index (κ1) is 14.7. The molecule has 0 N–H and O–H groups in total. The molecular weight excluding hydrogens is 224 g/mol. The first-order valence-corrected chi connectivity index (χ1v) is 6.89.